The number of aliphatic carboxylic acids is 1. The van der Waals surface area contributed by atoms with Crippen molar-refractivity contribution in [1.29, 1.82) is 0 Å². The molecule has 2 atom stereocenters. The number of likely N-dealkylation sites (N-methyl/N-ethyl adjacent to an activating group) is 1. The van der Waals surface area contributed by atoms with Crippen molar-refractivity contribution in [3.05, 3.63) is 0 Å². The molecule has 6 heteroatoms. The molecule has 0 spiro atoms. The van der Waals surface area contributed by atoms with E-state index in [1.165, 1.54) is 32.1 Å². The number of aliphatic hydroxyl groups is 1. The minimum absolute atomic E-state index is 0.147. The molecule has 0 radical (unpaired) electrons. The van der Waals surface area contributed by atoms with Crippen LogP contribution < -0.4 is 0 Å². The highest BCUT2D eigenvalue weighted by atomic mass is 16.5. The number of carbonyl (C=O) groups excluding carboxylic acids is 1. The molecule has 0 aliphatic heterocycles. The van der Waals surface area contributed by atoms with Crippen molar-refractivity contribution in [2.75, 3.05) is 27.7 Å². The van der Waals surface area contributed by atoms with E-state index in [-0.39, 0.29) is 18.5 Å². The zero-order valence-electron chi connectivity index (χ0n) is 20.7. The van der Waals surface area contributed by atoms with E-state index in [0.29, 0.717) is 17.4 Å². The molecular formula is C25H50NO5+. The minimum atomic E-state index is -0.941. The fourth-order valence-corrected chi connectivity index (χ4v) is 3.86. The molecule has 0 aromatic carbocycles. The van der Waals surface area contributed by atoms with Crippen LogP contribution in [0.15, 0.2) is 0 Å². The zero-order valence-corrected chi connectivity index (χ0v) is 20.7. The Labute approximate surface area is 190 Å². The second kappa shape index (κ2) is 18.4. The Morgan fingerprint density at radius 3 is 1.77 bits per heavy atom. The number of quaternary nitrogens is 1. The van der Waals surface area contributed by atoms with E-state index in [4.69, 9.17) is 9.84 Å². The maximum absolute atomic E-state index is 12.0. The van der Waals surface area contributed by atoms with Crippen LogP contribution in [0.25, 0.3) is 0 Å². The van der Waals surface area contributed by atoms with Gasteiger partial charge in [-0.05, 0) is 19.3 Å². The van der Waals surface area contributed by atoms with Crippen LogP contribution in [0.5, 0.6) is 0 Å². The lowest BCUT2D eigenvalue weighted by Gasteiger charge is -2.28. The predicted octanol–water partition coefficient (Wildman–Crippen LogP) is 5.31. The fourth-order valence-electron chi connectivity index (χ4n) is 3.86. The summed E-state index contributed by atoms with van der Waals surface area (Å²) in [5.74, 6) is -1.24. The molecular weight excluding hydrogens is 394 g/mol. The lowest BCUT2D eigenvalue weighted by atomic mass is 10.0. The average Bonchev–Trinajstić information content (AvgIpc) is 2.64. The Kier molecular flexibility index (Phi) is 17.8. The maximum atomic E-state index is 12.0. The van der Waals surface area contributed by atoms with E-state index in [9.17, 15) is 14.7 Å². The van der Waals surface area contributed by atoms with Gasteiger partial charge in [-0.1, -0.05) is 77.6 Å². The van der Waals surface area contributed by atoms with E-state index in [2.05, 4.69) is 6.92 Å². The number of esters is 1. The molecule has 0 aliphatic carbocycles. The molecule has 2 unspecified atom stereocenters. The highest BCUT2D eigenvalue weighted by Crippen LogP contribution is 2.15. The number of nitrogens with zero attached hydrogens (tertiary/aromatic N) is 1. The number of rotatable bonds is 21. The summed E-state index contributed by atoms with van der Waals surface area (Å²) in [7, 11) is 5.86. The van der Waals surface area contributed by atoms with Gasteiger partial charge in [0, 0.05) is 6.42 Å². The van der Waals surface area contributed by atoms with Crippen LogP contribution in [-0.4, -0.2) is 66.5 Å². The molecule has 6 nitrogen and oxygen atoms in total. The van der Waals surface area contributed by atoms with E-state index in [1.807, 2.05) is 21.1 Å². The summed E-state index contributed by atoms with van der Waals surface area (Å²) < 4.78 is 5.96. The van der Waals surface area contributed by atoms with Crippen LogP contribution in [0.2, 0.25) is 0 Å². The highest BCUT2D eigenvalue weighted by Gasteiger charge is 2.24. The third-order valence-electron chi connectivity index (χ3n) is 5.51. The first kappa shape index (κ1) is 29.9. The standard InChI is InChI=1S/C25H49NO5/c1-5-6-7-8-11-14-17-22(27)18-15-12-9-10-13-16-19-25(30)31-23(20-24(28)29)21-26(2,3)4/h22-23,27H,5-21H2,1-4H3/p+1. The Morgan fingerprint density at radius 2 is 1.29 bits per heavy atom. The van der Waals surface area contributed by atoms with Gasteiger partial charge in [0.25, 0.3) is 0 Å². The molecule has 0 saturated carbocycles. The van der Waals surface area contributed by atoms with Gasteiger partial charge in [-0.15, -0.1) is 0 Å². The third kappa shape index (κ3) is 21.9. The second-order valence-electron chi connectivity index (χ2n) is 10.1. The Hall–Kier alpha value is -1.14. The van der Waals surface area contributed by atoms with Crippen LogP contribution in [0.1, 0.15) is 110 Å². The molecule has 0 aromatic rings. The SMILES string of the molecule is CCCCCCCCC(O)CCCCCCCCC(=O)OC(CC(=O)O)C[N+](C)(C)C. The van der Waals surface area contributed by atoms with Crippen molar-refractivity contribution < 1.29 is 29.0 Å². The van der Waals surface area contributed by atoms with Gasteiger partial charge >= 0.3 is 11.9 Å². The number of carboxylic acids is 1. The molecule has 184 valence electrons. The topological polar surface area (TPSA) is 83.8 Å². The van der Waals surface area contributed by atoms with Crippen molar-refractivity contribution in [3.63, 3.8) is 0 Å². The van der Waals surface area contributed by atoms with Crippen molar-refractivity contribution in [3.8, 4) is 0 Å². The van der Waals surface area contributed by atoms with Crippen molar-refractivity contribution in [2.45, 2.75) is 122 Å². The number of carboxylic acid groups (broad SMARTS) is 1. The molecule has 0 bridgehead atoms. The minimum Gasteiger partial charge on any atom is -0.481 e. The number of hydrogen-bond donors (Lipinski definition) is 2. The number of hydrogen-bond acceptors (Lipinski definition) is 4. The fraction of sp³-hybridized carbons (Fsp3) is 0.920. The lowest BCUT2D eigenvalue weighted by molar-refractivity contribution is -0.873. The first-order valence-electron chi connectivity index (χ1n) is 12.5. The van der Waals surface area contributed by atoms with Crippen molar-refractivity contribution in [1.82, 2.24) is 0 Å². The number of ether oxygens (including phenoxy) is 1. The Balaban J connectivity index is 3.67. The third-order valence-corrected chi connectivity index (χ3v) is 5.51. The normalized spacial score (nSPS) is 13.7. The summed E-state index contributed by atoms with van der Waals surface area (Å²) in [5.41, 5.74) is 0. The summed E-state index contributed by atoms with van der Waals surface area (Å²) >= 11 is 0. The summed E-state index contributed by atoms with van der Waals surface area (Å²) in [4.78, 5) is 23.0. The maximum Gasteiger partial charge on any atom is 0.307 e. The molecule has 0 amide bonds. The average molecular weight is 445 g/mol. The van der Waals surface area contributed by atoms with Crippen LogP contribution in [-0.2, 0) is 14.3 Å². The van der Waals surface area contributed by atoms with E-state index >= 15 is 0 Å². The van der Waals surface area contributed by atoms with Gasteiger partial charge in [-0.2, -0.15) is 0 Å². The number of unbranched alkanes of at least 4 members (excludes halogenated alkanes) is 10. The van der Waals surface area contributed by atoms with Gasteiger partial charge < -0.3 is 19.4 Å². The first-order chi connectivity index (χ1) is 14.6. The molecule has 0 saturated heterocycles. The number of aliphatic hydroxyl groups excluding tert-OH is 1. The molecule has 0 heterocycles. The van der Waals surface area contributed by atoms with Crippen LogP contribution >= 0.6 is 0 Å². The van der Waals surface area contributed by atoms with Gasteiger partial charge in [0.05, 0.1) is 33.7 Å². The lowest BCUT2D eigenvalue weighted by Crippen LogP contribution is -2.43. The first-order valence-corrected chi connectivity index (χ1v) is 12.5. The van der Waals surface area contributed by atoms with E-state index in [1.54, 1.807) is 0 Å². The van der Waals surface area contributed by atoms with Gasteiger partial charge in [0.15, 0.2) is 6.10 Å². The Morgan fingerprint density at radius 1 is 0.806 bits per heavy atom. The van der Waals surface area contributed by atoms with Gasteiger partial charge in [-0.3, -0.25) is 9.59 Å². The predicted molar refractivity (Wildman–Crippen MR) is 126 cm³/mol. The van der Waals surface area contributed by atoms with Crippen LogP contribution in [0, 0.1) is 0 Å². The van der Waals surface area contributed by atoms with Gasteiger partial charge in [0.1, 0.15) is 6.54 Å². The molecule has 0 rings (SSSR count). The zero-order chi connectivity index (χ0) is 23.5. The smallest absolute Gasteiger partial charge is 0.307 e. The highest BCUT2D eigenvalue weighted by molar-refractivity contribution is 5.71. The van der Waals surface area contributed by atoms with Gasteiger partial charge in [0.2, 0.25) is 0 Å². The summed E-state index contributed by atoms with van der Waals surface area (Å²) in [6.45, 7) is 2.72. The monoisotopic (exact) mass is 444 g/mol. The summed E-state index contributed by atoms with van der Waals surface area (Å²) in [6.07, 6.45) is 15.1. The quantitative estimate of drug-likeness (QED) is 0.142. The van der Waals surface area contributed by atoms with E-state index in [0.717, 1.165) is 57.8 Å². The van der Waals surface area contributed by atoms with Crippen LogP contribution in [0.3, 0.4) is 0 Å². The summed E-state index contributed by atoms with van der Waals surface area (Å²) in [5, 5.41) is 19.1. The molecule has 2 N–H and O–H groups in total. The molecule has 0 fully saturated rings. The second-order valence-corrected chi connectivity index (χ2v) is 10.1. The largest absolute Gasteiger partial charge is 0.481 e. The van der Waals surface area contributed by atoms with Crippen molar-refractivity contribution >= 4 is 11.9 Å². The van der Waals surface area contributed by atoms with Crippen molar-refractivity contribution in [2.24, 2.45) is 0 Å². The molecule has 0 aromatic heterocycles. The molecule has 31 heavy (non-hydrogen) atoms. The van der Waals surface area contributed by atoms with Gasteiger partial charge in [-0.25, -0.2) is 0 Å². The van der Waals surface area contributed by atoms with Crippen LogP contribution in [0.4, 0.5) is 0 Å². The Bertz CT molecular complexity index is 461. The number of carbonyl (C=O) groups is 2. The summed E-state index contributed by atoms with van der Waals surface area (Å²) in [6, 6.07) is 0. The molecule has 0 aliphatic rings. The van der Waals surface area contributed by atoms with E-state index < -0.39 is 12.1 Å².